The molecule has 2 aromatic rings. The predicted molar refractivity (Wildman–Crippen MR) is 71.4 cm³/mol. The highest BCUT2D eigenvalue weighted by Crippen LogP contribution is 2.28. The lowest BCUT2D eigenvalue weighted by Gasteiger charge is -2.13. The van der Waals surface area contributed by atoms with Gasteiger partial charge in [-0.1, -0.05) is 29.3 Å². The van der Waals surface area contributed by atoms with Gasteiger partial charge in [0.2, 0.25) is 0 Å². The van der Waals surface area contributed by atoms with Gasteiger partial charge in [-0.2, -0.15) is 0 Å². The number of benzene rings is 1. The highest BCUT2D eigenvalue weighted by molar-refractivity contribution is 7.09. The topological polar surface area (TPSA) is 26.0 Å². The van der Waals surface area contributed by atoms with Crippen LogP contribution in [0.1, 0.15) is 16.5 Å². The molecule has 84 valence electrons. The van der Waals surface area contributed by atoms with Crippen LogP contribution in [-0.4, -0.2) is 0 Å². The Morgan fingerprint density at radius 1 is 1.25 bits per heavy atom. The molecule has 1 atom stereocenters. The second kappa shape index (κ2) is 5.19. The minimum atomic E-state index is -0.107. The molecule has 1 aromatic heterocycles. The molecule has 1 aromatic carbocycles. The lowest BCUT2D eigenvalue weighted by atomic mass is 10.0. The van der Waals surface area contributed by atoms with E-state index < -0.39 is 0 Å². The van der Waals surface area contributed by atoms with Gasteiger partial charge in [0, 0.05) is 27.4 Å². The quantitative estimate of drug-likeness (QED) is 0.885. The molecule has 0 aliphatic carbocycles. The highest BCUT2D eigenvalue weighted by Gasteiger charge is 2.12. The van der Waals surface area contributed by atoms with Gasteiger partial charge in [0.1, 0.15) is 0 Å². The first-order valence-corrected chi connectivity index (χ1v) is 6.53. The molecule has 4 heteroatoms. The average molecular weight is 272 g/mol. The number of hydrogen-bond acceptors (Lipinski definition) is 2. The summed E-state index contributed by atoms with van der Waals surface area (Å²) in [5, 5.41) is 3.39. The minimum absolute atomic E-state index is 0.107. The zero-order valence-corrected chi connectivity index (χ0v) is 10.8. The van der Waals surface area contributed by atoms with Crippen LogP contribution in [0.2, 0.25) is 10.0 Å². The monoisotopic (exact) mass is 271 g/mol. The average Bonchev–Trinajstić information content (AvgIpc) is 2.74. The summed E-state index contributed by atoms with van der Waals surface area (Å²) in [5.41, 5.74) is 7.02. The van der Waals surface area contributed by atoms with Crippen molar-refractivity contribution in [1.29, 1.82) is 0 Å². The SMILES string of the molecule is NC(Cc1cccs1)c1cc(Cl)ccc1Cl. The summed E-state index contributed by atoms with van der Waals surface area (Å²) in [7, 11) is 0. The van der Waals surface area contributed by atoms with Gasteiger partial charge in [-0.15, -0.1) is 11.3 Å². The minimum Gasteiger partial charge on any atom is -0.324 e. The number of thiophene rings is 1. The standard InChI is InChI=1S/C12H11Cl2NS/c13-8-3-4-11(14)10(6-8)12(15)7-9-2-1-5-16-9/h1-6,12H,7,15H2. The molecule has 2 rings (SSSR count). The van der Waals surface area contributed by atoms with Crippen LogP contribution >= 0.6 is 34.5 Å². The first-order valence-electron chi connectivity index (χ1n) is 4.89. The summed E-state index contributed by atoms with van der Waals surface area (Å²) >= 11 is 13.7. The van der Waals surface area contributed by atoms with Gasteiger partial charge in [0.25, 0.3) is 0 Å². The molecule has 0 saturated carbocycles. The van der Waals surface area contributed by atoms with Crippen LogP contribution in [0.3, 0.4) is 0 Å². The largest absolute Gasteiger partial charge is 0.324 e. The summed E-state index contributed by atoms with van der Waals surface area (Å²) in [5.74, 6) is 0. The van der Waals surface area contributed by atoms with E-state index in [9.17, 15) is 0 Å². The summed E-state index contributed by atoms with van der Waals surface area (Å²) in [6.45, 7) is 0. The molecule has 2 N–H and O–H groups in total. The van der Waals surface area contributed by atoms with E-state index in [0.717, 1.165) is 12.0 Å². The number of halogens is 2. The van der Waals surface area contributed by atoms with Crippen molar-refractivity contribution in [2.45, 2.75) is 12.5 Å². The van der Waals surface area contributed by atoms with Crippen LogP contribution < -0.4 is 5.73 Å². The van der Waals surface area contributed by atoms with E-state index in [1.54, 1.807) is 23.5 Å². The van der Waals surface area contributed by atoms with Gasteiger partial charge in [0.05, 0.1) is 0 Å². The molecule has 0 saturated heterocycles. The first kappa shape index (κ1) is 11.9. The van der Waals surface area contributed by atoms with Crippen molar-refractivity contribution in [1.82, 2.24) is 0 Å². The van der Waals surface area contributed by atoms with Crippen molar-refractivity contribution in [3.63, 3.8) is 0 Å². The van der Waals surface area contributed by atoms with Gasteiger partial charge >= 0.3 is 0 Å². The highest BCUT2D eigenvalue weighted by atomic mass is 35.5. The Hall–Kier alpha value is -0.540. The molecule has 1 heterocycles. The van der Waals surface area contributed by atoms with Crippen molar-refractivity contribution in [3.05, 3.63) is 56.2 Å². The zero-order chi connectivity index (χ0) is 11.5. The molecule has 0 radical (unpaired) electrons. The summed E-state index contributed by atoms with van der Waals surface area (Å²) < 4.78 is 0. The molecule has 0 fully saturated rings. The Balaban J connectivity index is 2.20. The van der Waals surface area contributed by atoms with Crippen molar-refractivity contribution in [2.75, 3.05) is 0 Å². The number of hydrogen-bond donors (Lipinski definition) is 1. The van der Waals surface area contributed by atoms with E-state index in [1.807, 2.05) is 17.5 Å². The summed E-state index contributed by atoms with van der Waals surface area (Å²) in [6.07, 6.45) is 0.789. The van der Waals surface area contributed by atoms with E-state index in [-0.39, 0.29) is 6.04 Å². The fourth-order valence-electron chi connectivity index (χ4n) is 1.55. The zero-order valence-electron chi connectivity index (χ0n) is 8.49. The second-order valence-electron chi connectivity index (χ2n) is 3.56. The van der Waals surface area contributed by atoms with Crippen molar-refractivity contribution >= 4 is 34.5 Å². The van der Waals surface area contributed by atoms with Crippen LogP contribution in [0.5, 0.6) is 0 Å². The second-order valence-corrected chi connectivity index (χ2v) is 5.43. The maximum atomic E-state index is 6.12. The van der Waals surface area contributed by atoms with E-state index in [1.165, 1.54) is 4.88 Å². The molecular weight excluding hydrogens is 261 g/mol. The third-order valence-electron chi connectivity index (χ3n) is 2.36. The van der Waals surface area contributed by atoms with Gasteiger partial charge in [-0.25, -0.2) is 0 Å². The Morgan fingerprint density at radius 2 is 2.06 bits per heavy atom. The Morgan fingerprint density at radius 3 is 2.75 bits per heavy atom. The van der Waals surface area contributed by atoms with Crippen molar-refractivity contribution in [2.24, 2.45) is 5.73 Å². The molecule has 0 amide bonds. The fraction of sp³-hybridized carbons (Fsp3) is 0.167. The van der Waals surface area contributed by atoms with Crippen LogP contribution in [-0.2, 0) is 6.42 Å². The van der Waals surface area contributed by atoms with Gasteiger partial charge in [-0.05, 0) is 35.2 Å². The molecule has 0 aliphatic heterocycles. The van der Waals surface area contributed by atoms with Crippen molar-refractivity contribution < 1.29 is 0 Å². The van der Waals surface area contributed by atoms with Gasteiger partial charge in [0.15, 0.2) is 0 Å². The maximum absolute atomic E-state index is 6.12. The van der Waals surface area contributed by atoms with Crippen molar-refractivity contribution in [3.8, 4) is 0 Å². The van der Waals surface area contributed by atoms with E-state index in [4.69, 9.17) is 28.9 Å². The third kappa shape index (κ3) is 2.77. The lowest BCUT2D eigenvalue weighted by Crippen LogP contribution is -2.13. The van der Waals surface area contributed by atoms with Crippen LogP contribution in [0.15, 0.2) is 35.7 Å². The molecule has 1 nitrogen and oxygen atoms in total. The van der Waals surface area contributed by atoms with E-state index >= 15 is 0 Å². The molecule has 0 bridgehead atoms. The fourth-order valence-corrected chi connectivity index (χ4v) is 2.76. The number of rotatable bonds is 3. The third-order valence-corrected chi connectivity index (χ3v) is 3.84. The van der Waals surface area contributed by atoms with E-state index in [2.05, 4.69) is 6.07 Å². The normalized spacial score (nSPS) is 12.7. The molecular formula is C12H11Cl2NS. The maximum Gasteiger partial charge on any atom is 0.0454 e. The Labute approximate surface area is 109 Å². The van der Waals surface area contributed by atoms with Crippen LogP contribution in [0.25, 0.3) is 0 Å². The first-order chi connectivity index (χ1) is 7.66. The molecule has 16 heavy (non-hydrogen) atoms. The summed E-state index contributed by atoms with van der Waals surface area (Å²) in [6, 6.07) is 9.38. The Kier molecular flexibility index (Phi) is 3.87. The summed E-state index contributed by atoms with van der Waals surface area (Å²) in [4.78, 5) is 1.25. The molecule has 1 unspecified atom stereocenters. The van der Waals surface area contributed by atoms with Crippen LogP contribution in [0, 0.1) is 0 Å². The van der Waals surface area contributed by atoms with Crippen LogP contribution in [0.4, 0.5) is 0 Å². The Bertz CT molecular complexity index is 468. The van der Waals surface area contributed by atoms with E-state index in [0.29, 0.717) is 10.0 Å². The predicted octanol–water partition coefficient (Wildman–Crippen LogP) is 4.30. The van der Waals surface area contributed by atoms with Gasteiger partial charge in [-0.3, -0.25) is 0 Å². The molecule has 0 spiro atoms. The lowest BCUT2D eigenvalue weighted by molar-refractivity contribution is 0.730. The smallest absolute Gasteiger partial charge is 0.0454 e. The van der Waals surface area contributed by atoms with Gasteiger partial charge < -0.3 is 5.73 Å². The number of nitrogens with two attached hydrogens (primary N) is 1. The molecule has 0 aliphatic rings.